The number of carbonyl (C=O) groups excluding carboxylic acids is 2. The smallest absolute Gasteiger partial charge is 0.338 e. The van der Waals surface area contributed by atoms with Crippen LogP contribution in [-0.4, -0.2) is 44.1 Å². The molecule has 4 rings (SSSR count). The Bertz CT molecular complexity index is 955. The van der Waals surface area contributed by atoms with Gasteiger partial charge in [0, 0.05) is 12.1 Å². The second-order valence-electron chi connectivity index (χ2n) is 7.77. The molecule has 2 aromatic carbocycles. The molecule has 0 bridgehead atoms. The zero-order valence-corrected chi connectivity index (χ0v) is 17.5. The fourth-order valence-electron chi connectivity index (χ4n) is 4.48. The van der Waals surface area contributed by atoms with E-state index in [1.54, 1.807) is 25.2 Å². The Morgan fingerprint density at radius 1 is 1.00 bits per heavy atom. The third-order valence-corrected chi connectivity index (χ3v) is 6.03. The summed E-state index contributed by atoms with van der Waals surface area (Å²) >= 11 is 0. The lowest BCUT2D eigenvalue weighted by Crippen LogP contribution is -2.34. The molecule has 1 saturated heterocycles. The van der Waals surface area contributed by atoms with Gasteiger partial charge in [-0.05, 0) is 73.6 Å². The fraction of sp³-hybridized carbons (Fsp3) is 0.417. The topological polar surface area (TPSA) is 65.1 Å². The summed E-state index contributed by atoms with van der Waals surface area (Å²) in [7, 11) is 3.23. The van der Waals surface area contributed by atoms with E-state index in [1.807, 2.05) is 30.3 Å². The van der Waals surface area contributed by atoms with Gasteiger partial charge in [-0.25, -0.2) is 4.79 Å². The first-order valence-electron chi connectivity index (χ1n) is 10.4. The third kappa shape index (κ3) is 3.99. The number of hydrogen-bond acceptors (Lipinski definition) is 5. The monoisotopic (exact) mass is 409 g/mol. The van der Waals surface area contributed by atoms with Gasteiger partial charge in [0.25, 0.3) is 5.91 Å². The van der Waals surface area contributed by atoms with E-state index in [-0.39, 0.29) is 18.6 Å². The van der Waals surface area contributed by atoms with E-state index >= 15 is 0 Å². The molecule has 2 aliphatic rings. The van der Waals surface area contributed by atoms with Crippen molar-refractivity contribution in [2.75, 3.05) is 27.4 Å². The van der Waals surface area contributed by atoms with Crippen LogP contribution in [0.5, 0.6) is 11.5 Å². The minimum atomic E-state index is -0.451. The molecule has 1 aliphatic heterocycles. The molecule has 0 unspecified atom stereocenters. The zero-order chi connectivity index (χ0) is 21.1. The molecule has 0 radical (unpaired) electrons. The van der Waals surface area contributed by atoms with Crippen molar-refractivity contribution in [3.8, 4) is 11.5 Å². The molecule has 30 heavy (non-hydrogen) atoms. The summed E-state index contributed by atoms with van der Waals surface area (Å²) in [6, 6.07) is 11.1. The lowest BCUT2D eigenvalue weighted by Gasteiger charge is -2.26. The van der Waals surface area contributed by atoms with E-state index in [2.05, 4.69) is 0 Å². The van der Waals surface area contributed by atoms with Gasteiger partial charge in [0.2, 0.25) is 0 Å². The number of rotatable bonds is 6. The second kappa shape index (κ2) is 8.78. The van der Waals surface area contributed by atoms with Crippen molar-refractivity contribution in [1.29, 1.82) is 0 Å². The van der Waals surface area contributed by atoms with E-state index in [9.17, 15) is 9.59 Å². The average molecular weight is 409 g/mol. The first-order chi connectivity index (χ1) is 14.6. The standard InChI is InChI=1S/C24H27NO5/c1-28-19-10-11-22(29-2)20(14-19)21-7-4-12-25(21)23(26)15-30-24(27)18-9-8-16-5-3-6-17(16)13-18/h8-11,13-14,21H,3-7,12,15H2,1-2H3/t21-/m1/s1. The fourth-order valence-corrected chi connectivity index (χ4v) is 4.48. The largest absolute Gasteiger partial charge is 0.497 e. The molecule has 6 nitrogen and oxygen atoms in total. The van der Waals surface area contributed by atoms with Gasteiger partial charge in [0.15, 0.2) is 6.61 Å². The van der Waals surface area contributed by atoms with Gasteiger partial charge in [-0.2, -0.15) is 0 Å². The number of nitrogens with zero attached hydrogens (tertiary/aromatic N) is 1. The minimum Gasteiger partial charge on any atom is -0.497 e. The Kier molecular flexibility index (Phi) is 5.93. The number of fused-ring (bicyclic) bond motifs is 1. The van der Waals surface area contributed by atoms with Crippen molar-refractivity contribution in [2.45, 2.75) is 38.1 Å². The molecule has 1 amide bonds. The highest BCUT2D eigenvalue weighted by Crippen LogP contribution is 2.39. The zero-order valence-electron chi connectivity index (χ0n) is 17.5. The van der Waals surface area contributed by atoms with Gasteiger partial charge in [-0.1, -0.05) is 6.07 Å². The highest BCUT2D eigenvalue weighted by Gasteiger charge is 2.32. The Labute approximate surface area is 176 Å². The van der Waals surface area contributed by atoms with Crippen molar-refractivity contribution in [1.82, 2.24) is 4.90 Å². The van der Waals surface area contributed by atoms with Gasteiger partial charge in [0.1, 0.15) is 11.5 Å². The van der Waals surface area contributed by atoms with Gasteiger partial charge in [-0.15, -0.1) is 0 Å². The van der Waals surface area contributed by atoms with Gasteiger partial charge in [0.05, 0.1) is 25.8 Å². The Balaban J connectivity index is 1.43. The van der Waals surface area contributed by atoms with Crippen LogP contribution in [0.3, 0.4) is 0 Å². The number of likely N-dealkylation sites (tertiary alicyclic amines) is 1. The van der Waals surface area contributed by atoms with Crippen molar-refractivity contribution < 1.29 is 23.8 Å². The molecule has 1 heterocycles. The summed E-state index contributed by atoms with van der Waals surface area (Å²) in [5.74, 6) is 0.786. The van der Waals surface area contributed by atoms with Gasteiger partial charge < -0.3 is 19.1 Å². The van der Waals surface area contributed by atoms with Crippen LogP contribution in [0.25, 0.3) is 0 Å². The van der Waals surface area contributed by atoms with Gasteiger partial charge in [-0.3, -0.25) is 4.79 Å². The van der Waals surface area contributed by atoms with Crippen LogP contribution in [0, 0.1) is 0 Å². The quantitative estimate of drug-likeness (QED) is 0.681. The predicted octanol–water partition coefficient (Wildman–Crippen LogP) is 3.71. The van der Waals surface area contributed by atoms with Crippen LogP contribution in [-0.2, 0) is 22.4 Å². The molecule has 0 saturated carbocycles. The molecule has 0 N–H and O–H groups in total. The maximum Gasteiger partial charge on any atom is 0.338 e. The average Bonchev–Trinajstić information content (AvgIpc) is 3.45. The van der Waals surface area contributed by atoms with Crippen LogP contribution >= 0.6 is 0 Å². The summed E-state index contributed by atoms with van der Waals surface area (Å²) in [6.07, 6.45) is 4.89. The summed E-state index contributed by atoms with van der Waals surface area (Å²) in [5, 5.41) is 0. The maximum absolute atomic E-state index is 12.9. The molecule has 0 aromatic heterocycles. The number of aryl methyl sites for hydroxylation is 2. The predicted molar refractivity (Wildman–Crippen MR) is 112 cm³/mol. The summed E-state index contributed by atoms with van der Waals surface area (Å²) in [6.45, 7) is 0.360. The summed E-state index contributed by atoms with van der Waals surface area (Å²) in [4.78, 5) is 27.1. The van der Waals surface area contributed by atoms with Crippen molar-refractivity contribution in [2.24, 2.45) is 0 Å². The molecule has 2 aromatic rings. The number of methoxy groups -OCH3 is 2. The number of amides is 1. The van der Waals surface area contributed by atoms with E-state index in [0.717, 1.165) is 43.4 Å². The highest BCUT2D eigenvalue weighted by molar-refractivity contribution is 5.91. The Hall–Kier alpha value is -3.02. The summed E-state index contributed by atoms with van der Waals surface area (Å²) in [5.41, 5.74) is 3.93. The normalized spacial score (nSPS) is 17.5. The van der Waals surface area contributed by atoms with Crippen LogP contribution in [0.15, 0.2) is 36.4 Å². The van der Waals surface area contributed by atoms with E-state index in [1.165, 1.54) is 11.1 Å². The molecule has 1 aliphatic carbocycles. The van der Waals surface area contributed by atoms with Crippen LogP contribution < -0.4 is 9.47 Å². The lowest BCUT2D eigenvalue weighted by molar-refractivity contribution is -0.135. The van der Waals surface area contributed by atoms with Crippen LogP contribution in [0.1, 0.15) is 52.4 Å². The number of ether oxygens (including phenoxy) is 3. The third-order valence-electron chi connectivity index (χ3n) is 6.03. The first-order valence-corrected chi connectivity index (χ1v) is 10.4. The van der Waals surface area contributed by atoms with Crippen molar-refractivity contribution in [3.63, 3.8) is 0 Å². The molecule has 1 fully saturated rings. The van der Waals surface area contributed by atoms with E-state index in [4.69, 9.17) is 14.2 Å². The molecular formula is C24H27NO5. The van der Waals surface area contributed by atoms with Gasteiger partial charge >= 0.3 is 5.97 Å². The summed E-state index contributed by atoms with van der Waals surface area (Å²) < 4.78 is 16.2. The van der Waals surface area contributed by atoms with Crippen LogP contribution in [0.2, 0.25) is 0 Å². The Morgan fingerprint density at radius 3 is 2.63 bits per heavy atom. The van der Waals surface area contributed by atoms with Crippen molar-refractivity contribution >= 4 is 11.9 Å². The number of hydrogen-bond donors (Lipinski definition) is 0. The van der Waals surface area contributed by atoms with E-state index < -0.39 is 5.97 Å². The molecule has 0 spiro atoms. The highest BCUT2D eigenvalue weighted by atomic mass is 16.5. The first kappa shape index (κ1) is 20.3. The number of esters is 1. The van der Waals surface area contributed by atoms with E-state index in [0.29, 0.717) is 17.9 Å². The molecular weight excluding hydrogens is 382 g/mol. The second-order valence-corrected chi connectivity index (χ2v) is 7.77. The molecule has 1 atom stereocenters. The number of carbonyl (C=O) groups is 2. The van der Waals surface area contributed by atoms with Crippen molar-refractivity contribution in [3.05, 3.63) is 58.7 Å². The minimum absolute atomic E-state index is 0.124. The number of benzene rings is 2. The lowest BCUT2D eigenvalue weighted by atomic mass is 10.0. The maximum atomic E-state index is 12.9. The molecule has 6 heteroatoms. The Morgan fingerprint density at radius 2 is 1.83 bits per heavy atom. The van der Waals surface area contributed by atoms with Crippen LogP contribution in [0.4, 0.5) is 0 Å². The molecule has 158 valence electrons. The SMILES string of the molecule is COc1ccc(OC)c([C@H]2CCCN2C(=O)COC(=O)c2ccc3c(c2)CCC3)c1.